The van der Waals surface area contributed by atoms with Gasteiger partial charge in [-0.3, -0.25) is 0 Å². The quantitative estimate of drug-likeness (QED) is 0.598. The summed E-state index contributed by atoms with van der Waals surface area (Å²) in [7, 11) is 0. The van der Waals surface area contributed by atoms with E-state index < -0.39 is 0 Å². The monoisotopic (exact) mass is 151 g/mol. The number of hydrogen-bond acceptors (Lipinski definition) is 1. The summed E-state index contributed by atoms with van der Waals surface area (Å²) >= 11 is 0. The van der Waals surface area contributed by atoms with Crippen molar-refractivity contribution in [3.05, 3.63) is 23.4 Å². The fraction of sp³-hybridized carbons (Fsp3) is 0.600. The third kappa shape index (κ3) is 2.79. The van der Waals surface area contributed by atoms with Crippen LogP contribution in [-0.4, -0.2) is 6.54 Å². The van der Waals surface area contributed by atoms with Gasteiger partial charge in [0.2, 0.25) is 0 Å². The predicted molar refractivity (Wildman–Crippen MR) is 49.4 cm³/mol. The second-order valence-electron chi connectivity index (χ2n) is 3.11. The van der Waals surface area contributed by atoms with E-state index >= 15 is 0 Å². The second-order valence-corrected chi connectivity index (χ2v) is 3.11. The Morgan fingerprint density at radius 2 is 2.27 bits per heavy atom. The van der Waals surface area contributed by atoms with Crippen LogP contribution in [0.1, 0.15) is 33.1 Å². The minimum absolute atomic E-state index is 1.01. The Kier molecular flexibility index (Phi) is 3.21. The van der Waals surface area contributed by atoms with Gasteiger partial charge in [-0.15, -0.1) is 0 Å². The Morgan fingerprint density at radius 1 is 1.45 bits per heavy atom. The van der Waals surface area contributed by atoms with Gasteiger partial charge in [-0.05, 0) is 19.8 Å². The molecule has 0 fully saturated rings. The van der Waals surface area contributed by atoms with Gasteiger partial charge in [-0.2, -0.15) is 0 Å². The highest BCUT2D eigenvalue weighted by atomic mass is 14.9. The molecule has 62 valence electrons. The first-order chi connectivity index (χ1) is 5.33. The van der Waals surface area contributed by atoms with Gasteiger partial charge in [0, 0.05) is 12.2 Å². The summed E-state index contributed by atoms with van der Waals surface area (Å²) in [4.78, 5) is 0. The maximum absolute atomic E-state index is 3.40. The van der Waals surface area contributed by atoms with Gasteiger partial charge in [0.1, 0.15) is 0 Å². The van der Waals surface area contributed by atoms with Crippen molar-refractivity contribution in [3.8, 4) is 0 Å². The van der Waals surface area contributed by atoms with Crippen LogP contribution in [0.25, 0.3) is 0 Å². The average molecular weight is 151 g/mol. The Balaban J connectivity index is 2.46. The number of hydrogen-bond donors (Lipinski definition) is 1. The minimum Gasteiger partial charge on any atom is -0.385 e. The zero-order valence-corrected chi connectivity index (χ0v) is 7.48. The van der Waals surface area contributed by atoms with Gasteiger partial charge in [0.15, 0.2) is 0 Å². The molecule has 0 aromatic carbocycles. The molecule has 0 unspecified atom stereocenters. The van der Waals surface area contributed by atoms with Crippen LogP contribution in [0.3, 0.4) is 0 Å². The summed E-state index contributed by atoms with van der Waals surface area (Å²) in [6, 6.07) is 0. The van der Waals surface area contributed by atoms with Gasteiger partial charge in [0.25, 0.3) is 0 Å². The molecule has 0 atom stereocenters. The molecule has 1 rings (SSSR count). The van der Waals surface area contributed by atoms with Gasteiger partial charge < -0.3 is 5.32 Å². The van der Waals surface area contributed by atoms with Crippen LogP contribution in [0.2, 0.25) is 0 Å². The highest BCUT2D eigenvalue weighted by Gasteiger charge is 1.98. The average Bonchev–Trinajstić information content (AvgIpc) is 2.17. The Labute approximate surface area is 69.2 Å². The van der Waals surface area contributed by atoms with E-state index in [2.05, 4.69) is 31.3 Å². The van der Waals surface area contributed by atoms with Crippen LogP contribution < -0.4 is 5.32 Å². The van der Waals surface area contributed by atoms with Crippen molar-refractivity contribution < 1.29 is 0 Å². The van der Waals surface area contributed by atoms with Crippen LogP contribution in [0, 0.1) is 0 Å². The molecule has 1 N–H and O–H groups in total. The normalized spacial score (nSPS) is 18.0. The van der Waals surface area contributed by atoms with Crippen molar-refractivity contribution in [2.24, 2.45) is 0 Å². The van der Waals surface area contributed by atoms with Crippen LogP contribution in [-0.2, 0) is 0 Å². The maximum atomic E-state index is 3.40. The number of rotatable bonds is 2. The zero-order chi connectivity index (χ0) is 8.10. The number of allylic oxidation sites excluding steroid dienone is 3. The highest BCUT2D eigenvalue weighted by molar-refractivity contribution is 5.14. The van der Waals surface area contributed by atoms with Crippen molar-refractivity contribution in [3.63, 3.8) is 0 Å². The lowest BCUT2D eigenvalue weighted by Crippen LogP contribution is -2.11. The molecule has 1 aliphatic rings. The summed E-state index contributed by atoms with van der Waals surface area (Å²) in [5.41, 5.74) is 2.89. The largest absolute Gasteiger partial charge is 0.385 e. The van der Waals surface area contributed by atoms with Gasteiger partial charge in [-0.25, -0.2) is 0 Å². The first-order valence-electron chi connectivity index (χ1n) is 4.41. The summed E-state index contributed by atoms with van der Waals surface area (Å²) in [6.07, 6.45) is 8.13. The lowest BCUT2D eigenvalue weighted by Gasteiger charge is -2.04. The molecule has 0 saturated carbocycles. The SMILES string of the molecule is CCCC1=CCC(C)=CCN1. The van der Waals surface area contributed by atoms with Crippen LogP contribution in [0.5, 0.6) is 0 Å². The summed E-state index contributed by atoms with van der Waals surface area (Å²) in [6.45, 7) is 5.42. The summed E-state index contributed by atoms with van der Waals surface area (Å²) in [5, 5.41) is 3.40. The Morgan fingerprint density at radius 3 is 3.00 bits per heavy atom. The van der Waals surface area contributed by atoms with E-state index in [1.165, 1.54) is 24.1 Å². The van der Waals surface area contributed by atoms with E-state index in [1.807, 2.05) is 0 Å². The molecule has 0 bridgehead atoms. The molecule has 1 nitrogen and oxygen atoms in total. The van der Waals surface area contributed by atoms with Crippen LogP contribution >= 0.6 is 0 Å². The molecule has 11 heavy (non-hydrogen) atoms. The van der Waals surface area contributed by atoms with Crippen LogP contribution in [0.4, 0.5) is 0 Å². The van der Waals surface area contributed by atoms with Crippen LogP contribution in [0.15, 0.2) is 23.4 Å². The van der Waals surface area contributed by atoms with Crippen molar-refractivity contribution in [1.82, 2.24) is 5.32 Å². The molecule has 0 saturated heterocycles. The summed E-state index contributed by atoms with van der Waals surface area (Å²) in [5.74, 6) is 0. The third-order valence-electron chi connectivity index (χ3n) is 1.97. The fourth-order valence-electron chi connectivity index (χ4n) is 1.26. The van der Waals surface area contributed by atoms with Gasteiger partial charge in [0.05, 0.1) is 0 Å². The molecular formula is C10H17N. The highest BCUT2D eigenvalue weighted by Crippen LogP contribution is 2.10. The lowest BCUT2D eigenvalue weighted by molar-refractivity contribution is 0.785. The molecule has 0 radical (unpaired) electrons. The lowest BCUT2D eigenvalue weighted by atomic mass is 10.2. The second kappa shape index (κ2) is 4.22. The molecule has 0 aromatic rings. The first kappa shape index (κ1) is 8.38. The predicted octanol–water partition coefficient (Wildman–Crippen LogP) is 2.61. The van der Waals surface area contributed by atoms with Gasteiger partial charge in [-0.1, -0.05) is 31.1 Å². The van der Waals surface area contributed by atoms with E-state index in [4.69, 9.17) is 0 Å². The fourth-order valence-corrected chi connectivity index (χ4v) is 1.26. The molecule has 1 heterocycles. The summed E-state index contributed by atoms with van der Waals surface area (Å²) < 4.78 is 0. The Bertz CT molecular complexity index is 177. The number of nitrogens with one attached hydrogen (secondary N) is 1. The zero-order valence-electron chi connectivity index (χ0n) is 7.48. The first-order valence-corrected chi connectivity index (χ1v) is 4.41. The van der Waals surface area contributed by atoms with Gasteiger partial charge >= 0.3 is 0 Å². The molecule has 0 amide bonds. The molecule has 0 aliphatic carbocycles. The minimum atomic E-state index is 1.01. The van der Waals surface area contributed by atoms with E-state index in [1.54, 1.807) is 0 Å². The third-order valence-corrected chi connectivity index (χ3v) is 1.97. The van der Waals surface area contributed by atoms with E-state index in [0.29, 0.717) is 0 Å². The van der Waals surface area contributed by atoms with E-state index in [0.717, 1.165) is 13.0 Å². The molecule has 0 aromatic heterocycles. The maximum Gasteiger partial charge on any atom is 0.0330 e. The molecule has 0 spiro atoms. The van der Waals surface area contributed by atoms with Crippen molar-refractivity contribution >= 4 is 0 Å². The van der Waals surface area contributed by atoms with Crippen molar-refractivity contribution in [2.45, 2.75) is 33.1 Å². The molecule has 1 aliphatic heterocycles. The van der Waals surface area contributed by atoms with E-state index in [9.17, 15) is 0 Å². The van der Waals surface area contributed by atoms with Crippen molar-refractivity contribution in [2.75, 3.05) is 6.54 Å². The Hall–Kier alpha value is -0.720. The van der Waals surface area contributed by atoms with E-state index in [-0.39, 0.29) is 0 Å². The topological polar surface area (TPSA) is 12.0 Å². The molecule has 1 heteroatoms. The smallest absolute Gasteiger partial charge is 0.0330 e. The standard InChI is InChI=1S/C10H17N/c1-3-4-10-6-5-9(2)7-8-11-10/h6-7,11H,3-5,8H2,1-2H3. The van der Waals surface area contributed by atoms with Crippen molar-refractivity contribution in [1.29, 1.82) is 0 Å². The molecular weight excluding hydrogens is 134 g/mol.